The molecule has 0 amide bonds. The summed E-state index contributed by atoms with van der Waals surface area (Å²) in [5.41, 5.74) is 16.4. The molecular weight excluding hydrogens is 224 g/mol. The molecule has 0 aliphatic rings. The summed E-state index contributed by atoms with van der Waals surface area (Å²) in [6.45, 7) is 8.15. The maximum absolute atomic E-state index is 10.9. The molecule has 18 heavy (non-hydrogen) atoms. The van der Waals surface area contributed by atoms with E-state index >= 15 is 0 Å². The van der Waals surface area contributed by atoms with Crippen molar-refractivity contribution in [2.24, 2.45) is 11.5 Å². The van der Waals surface area contributed by atoms with Crippen molar-refractivity contribution >= 4 is 6.29 Å². The van der Waals surface area contributed by atoms with Crippen LogP contribution < -0.4 is 11.5 Å². The van der Waals surface area contributed by atoms with Crippen LogP contribution in [0.2, 0.25) is 0 Å². The summed E-state index contributed by atoms with van der Waals surface area (Å²) < 4.78 is 0. The molecule has 0 bridgehead atoms. The number of hydrogen-bond donors (Lipinski definition) is 2. The van der Waals surface area contributed by atoms with Gasteiger partial charge in [0.05, 0.1) is 0 Å². The Morgan fingerprint density at radius 1 is 1.06 bits per heavy atom. The second-order valence-corrected chi connectivity index (χ2v) is 5.28. The quantitative estimate of drug-likeness (QED) is 0.787. The first-order valence-corrected chi connectivity index (χ1v) is 6.49. The van der Waals surface area contributed by atoms with Gasteiger partial charge in [0.15, 0.2) is 0 Å². The van der Waals surface area contributed by atoms with Crippen molar-refractivity contribution in [1.29, 1.82) is 0 Å². The van der Waals surface area contributed by atoms with Crippen LogP contribution in [0.5, 0.6) is 0 Å². The molecule has 2 unspecified atom stereocenters. The van der Waals surface area contributed by atoms with E-state index in [1.165, 1.54) is 5.56 Å². The average Bonchev–Trinajstić information content (AvgIpc) is 2.28. The van der Waals surface area contributed by atoms with E-state index in [0.717, 1.165) is 23.0 Å². The SMILES string of the molecule is CC(C)c1cc(C(C)N)cc(C(C)N)c1CC=O. The fourth-order valence-corrected chi connectivity index (χ4v) is 2.25. The van der Waals surface area contributed by atoms with E-state index in [9.17, 15) is 4.79 Å². The summed E-state index contributed by atoms with van der Waals surface area (Å²) in [7, 11) is 0. The van der Waals surface area contributed by atoms with Crippen molar-refractivity contribution in [1.82, 2.24) is 0 Å². The summed E-state index contributed by atoms with van der Waals surface area (Å²) >= 11 is 0. The standard InChI is InChI=1S/C15H24N2O/c1-9(2)14-7-12(10(3)16)8-15(11(4)17)13(14)5-6-18/h6-11H,5,16-17H2,1-4H3. The smallest absolute Gasteiger partial charge is 0.124 e. The normalized spacial score (nSPS) is 14.6. The lowest BCUT2D eigenvalue weighted by Gasteiger charge is -2.21. The van der Waals surface area contributed by atoms with Crippen molar-refractivity contribution in [3.05, 3.63) is 34.4 Å². The summed E-state index contributed by atoms with van der Waals surface area (Å²) in [4.78, 5) is 10.9. The molecule has 0 saturated carbocycles. The minimum atomic E-state index is -0.0869. The zero-order valence-corrected chi connectivity index (χ0v) is 11.7. The Hall–Kier alpha value is -1.19. The van der Waals surface area contributed by atoms with Gasteiger partial charge < -0.3 is 16.3 Å². The lowest BCUT2D eigenvalue weighted by molar-refractivity contribution is -0.107. The zero-order chi connectivity index (χ0) is 13.9. The Morgan fingerprint density at radius 2 is 1.61 bits per heavy atom. The van der Waals surface area contributed by atoms with Gasteiger partial charge in [0.25, 0.3) is 0 Å². The molecule has 0 heterocycles. The number of carbonyl (C=O) groups excluding carboxylic acids is 1. The predicted octanol–water partition coefficient (Wildman–Crippen LogP) is 2.59. The second-order valence-electron chi connectivity index (χ2n) is 5.28. The van der Waals surface area contributed by atoms with Crippen LogP contribution in [0.15, 0.2) is 12.1 Å². The first-order chi connectivity index (χ1) is 8.38. The van der Waals surface area contributed by atoms with Gasteiger partial charge in [0, 0.05) is 18.5 Å². The molecule has 0 fully saturated rings. The molecule has 3 heteroatoms. The van der Waals surface area contributed by atoms with Crippen LogP contribution in [0.1, 0.15) is 68.0 Å². The van der Waals surface area contributed by atoms with Crippen LogP contribution in [-0.4, -0.2) is 6.29 Å². The van der Waals surface area contributed by atoms with Gasteiger partial charge in [-0.25, -0.2) is 0 Å². The highest BCUT2D eigenvalue weighted by atomic mass is 16.1. The van der Waals surface area contributed by atoms with Crippen molar-refractivity contribution in [2.45, 2.75) is 52.1 Å². The van der Waals surface area contributed by atoms with Crippen LogP contribution in [0.4, 0.5) is 0 Å². The molecule has 0 radical (unpaired) electrons. The van der Waals surface area contributed by atoms with Crippen molar-refractivity contribution in [3.8, 4) is 0 Å². The number of hydrogen-bond acceptors (Lipinski definition) is 3. The first-order valence-electron chi connectivity index (χ1n) is 6.49. The van der Waals surface area contributed by atoms with Crippen LogP contribution in [0.25, 0.3) is 0 Å². The minimum absolute atomic E-state index is 0.0229. The molecule has 3 nitrogen and oxygen atoms in total. The highest BCUT2D eigenvalue weighted by Crippen LogP contribution is 2.29. The Kier molecular flexibility index (Phi) is 5.05. The second kappa shape index (κ2) is 6.12. The number of carbonyl (C=O) groups is 1. The van der Waals surface area contributed by atoms with Gasteiger partial charge in [-0.1, -0.05) is 26.0 Å². The highest BCUT2D eigenvalue weighted by molar-refractivity contribution is 5.59. The molecule has 1 aromatic rings. The largest absolute Gasteiger partial charge is 0.324 e. The van der Waals surface area contributed by atoms with Gasteiger partial charge in [0.2, 0.25) is 0 Å². The maximum Gasteiger partial charge on any atom is 0.124 e. The molecule has 0 saturated heterocycles. The minimum Gasteiger partial charge on any atom is -0.324 e. The molecule has 100 valence electrons. The summed E-state index contributed by atoms with van der Waals surface area (Å²) in [6.07, 6.45) is 1.36. The average molecular weight is 248 g/mol. The van der Waals surface area contributed by atoms with E-state index < -0.39 is 0 Å². The molecule has 0 spiro atoms. The van der Waals surface area contributed by atoms with E-state index in [0.29, 0.717) is 12.3 Å². The van der Waals surface area contributed by atoms with E-state index in [2.05, 4.69) is 19.9 Å². The van der Waals surface area contributed by atoms with Crippen LogP contribution in [0, 0.1) is 0 Å². The topological polar surface area (TPSA) is 69.1 Å². The monoisotopic (exact) mass is 248 g/mol. The van der Waals surface area contributed by atoms with E-state index in [1.807, 2.05) is 19.9 Å². The lowest BCUT2D eigenvalue weighted by atomic mass is 9.86. The Bertz CT molecular complexity index is 393. The van der Waals surface area contributed by atoms with Crippen LogP contribution in [0.3, 0.4) is 0 Å². The van der Waals surface area contributed by atoms with Crippen LogP contribution in [-0.2, 0) is 11.2 Å². The number of rotatable bonds is 5. The van der Waals surface area contributed by atoms with E-state index in [4.69, 9.17) is 11.5 Å². The molecule has 1 aromatic carbocycles. The summed E-state index contributed by atoms with van der Waals surface area (Å²) in [5, 5.41) is 0. The molecule has 2 atom stereocenters. The number of benzene rings is 1. The Morgan fingerprint density at radius 3 is 2.00 bits per heavy atom. The van der Waals surface area contributed by atoms with Gasteiger partial charge in [-0.15, -0.1) is 0 Å². The highest BCUT2D eigenvalue weighted by Gasteiger charge is 2.16. The van der Waals surface area contributed by atoms with Gasteiger partial charge in [-0.3, -0.25) is 0 Å². The molecule has 1 rings (SSSR count). The molecule has 0 aliphatic heterocycles. The fourth-order valence-electron chi connectivity index (χ4n) is 2.25. The molecular formula is C15H24N2O. The Labute approximate surface area is 110 Å². The maximum atomic E-state index is 10.9. The third-order valence-corrected chi connectivity index (χ3v) is 3.27. The van der Waals surface area contributed by atoms with Gasteiger partial charge >= 0.3 is 0 Å². The van der Waals surface area contributed by atoms with Crippen molar-refractivity contribution < 1.29 is 4.79 Å². The fraction of sp³-hybridized carbons (Fsp3) is 0.533. The number of aldehydes is 1. The molecule has 0 aromatic heterocycles. The van der Waals surface area contributed by atoms with Crippen LogP contribution >= 0.6 is 0 Å². The van der Waals surface area contributed by atoms with Gasteiger partial charge in [-0.05, 0) is 42.0 Å². The Balaban J connectivity index is 3.49. The van der Waals surface area contributed by atoms with Crippen molar-refractivity contribution in [3.63, 3.8) is 0 Å². The summed E-state index contributed by atoms with van der Waals surface area (Å²) in [6, 6.07) is 4.04. The first kappa shape index (κ1) is 14.9. The summed E-state index contributed by atoms with van der Waals surface area (Å²) in [5.74, 6) is 0.358. The molecule has 4 N–H and O–H groups in total. The van der Waals surface area contributed by atoms with Gasteiger partial charge in [-0.2, -0.15) is 0 Å². The predicted molar refractivity (Wildman–Crippen MR) is 75.5 cm³/mol. The van der Waals surface area contributed by atoms with E-state index in [-0.39, 0.29) is 12.1 Å². The lowest BCUT2D eigenvalue weighted by Crippen LogP contribution is -2.15. The molecule has 0 aliphatic carbocycles. The van der Waals surface area contributed by atoms with E-state index in [1.54, 1.807) is 0 Å². The number of nitrogens with two attached hydrogens (primary N) is 2. The third-order valence-electron chi connectivity index (χ3n) is 3.27. The zero-order valence-electron chi connectivity index (χ0n) is 11.7. The van der Waals surface area contributed by atoms with Gasteiger partial charge in [0.1, 0.15) is 6.29 Å². The van der Waals surface area contributed by atoms with Crippen molar-refractivity contribution in [2.75, 3.05) is 0 Å². The third kappa shape index (κ3) is 3.18.